The number of aromatic nitrogens is 1. The average Bonchev–Trinajstić information content (AvgIpc) is 2.28. The van der Waals surface area contributed by atoms with Crippen LogP contribution in [0.1, 0.15) is 30.1 Å². The Morgan fingerprint density at radius 1 is 1.28 bits per heavy atom. The maximum absolute atomic E-state index is 12.3. The molecule has 1 saturated heterocycles. The summed E-state index contributed by atoms with van der Waals surface area (Å²) in [5.74, 6) is 0.300. The van der Waals surface area contributed by atoms with Gasteiger partial charge in [-0.25, -0.2) is 0 Å². The molecule has 1 aromatic rings. The van der Waals surface area contributed by atoms with Crippen LogP contribution < -0.4 is 0 Å². The Morgan fingerprint density at radius 2 is 1.94 bits per heavy atom. The summed E-state index contributed by atoms with van der Waals surface area (Å²) >= 11 is 0. The van der Waals surface area contributed by atoms with E-state index in [-0.39, 0.29) is 0 Å². The first-order chi connectivity index (χ1) is 8.44. The molecule has 0 radical (unpaired) electrons. The van der Waals surface area contributed by atoms with E-state index in [0.717, 1.165) is 24.2 Å². The summed E-state index contributed by atoms with van der Waals surface area (Å²) < 4.78 is 36.8. The van der Waals surface area contributed by atoms with Gasteiger partial charge < -0.3 is 0 Å². The van der Waals surface area contributed by atoms with Crippen molar-refractivity contribution in [2.45, 2.75) is 31.9 Å². The van der Waals surface area contributed by atoms with E-state index in [4.69, 9.17) is 0 Å². The monoisotopic (exact) mass is 258 g/mol. The third kappa shape index (κ3) is 3.70. The summed E-state index contributed by atoms with van der Waals surface area (Å²) in [7, 11) is 0. The van der Waals surface area contributed by atoms with Gasteiger partial charge in [0.25, 0.3) is 0 Å². The van der Waals surface area contributed by atoms with Crippen molar-refractivity contribution in [3.8, 4) is 0 Å². The van der Waals surface area contributed by atoms with Gasteiger partial charge >= 0.3 is 6.18 Å². The molecule has 2 rings (SSSR count). The van der Waals surface area contributed by atoms with Crippen LogP contribution in [0.3, 0.4) is 0 Å². The minimum absolute atomic E-state index is 0.300. The number of pyridine rings is 1. The van der Waals surface area contributed by atoms with Crippen LogP contribution in [-0.2, 0) is 0 Å². The molecule has 1 fully saturated rings. The van der Waals surface area contributed by atoms with E-state index in [9.17, 15) is 13.2 Å². The van der Waals surface area contributed by atoms with Gasteiger partial charge in [-0.15, -0.1) is 0 Å². The third-order valence-electron chi connectivity index (χ3n) is 3.32. The van der Waals surface area contributed by atoms with Crippen molar-refractivity contribution in [1.82, 2.24) is 9.88 Å². The van der Waals surface area contributed by atoms with E-state index >= 15 is 0 Å². The fourth-order valence-corrected chi connectivity index (χ4v) is 2.43. The van der Waals surface area contributed by atoms with Gasteiger partial charge in [0.15, 0.2) is 0 Å². The fraction of sp³-hybridized carbons (Fsp3) is 0.615. The molecule has 2 heterocycles. The Bertz CT molecular complexity index is 395. The van der Waals surface area contributed by atoms with E-state index in [1.54, 1.807) is 0 Å². The Balaban J connectivity index is 1.91. The van der Waals surface area contributed by atoms with E-state index in [0.29, 0.717) is 19.0 Å². The quantitative estimate of drug-likeness (QED) is 0.810. The third-order valence-corrected chi connectivity index (χ3v) is 3.32. The van der Waals surface area contributed by atoms with Crippen LogP contribution in [0.25, 0.3) is 0 Å². The van der Waals surface area contributed by atoms with E-state index in [1.165, 1.54) is 4.90 Å². The van der Waals surface area contributed by atoms with Crippen LogP contribution in [0.4, 0.5) is 13.2 Å². The van der Waals surface area contributed by atoms with Gasteiger partial charge in [-0.1, -0.05) is 6.07 Å². The molecule has 0 N–H and O–H groups in total. The SMILES string of the molecule is Cc1cccc(C2CCN(CC(F)(F)F)CC2)n1. The summed E-state index contributed by atoms with van der Waals surface area (Å²) in [5.41, 5.74) is 1.98. The molecule has 0 aliphatic carbocycles. The molecule has 18 heavy (non-hydrogen) atoms. The van der Waals surface area contributed by atoms with Crippen molar-refractivity contribution in [2.75, 3.05) is 19.6 Å². The standard InChI is InChI=1S/C13H17F3N2/c1-10-3-2-4-12(17-10)11-5-7-18(8-6-11)9-13(14,15)16/h2-4,11H,5-9H2,1H3. The first-order valence-corrected chi connectivity index (χ1v) is 6.17. The predicted octanol–water partition coefficient (Wildman–Crippen LogP) is 3.13. The number of nitrogens with zero attached hydrogens (tertiary/aromatic N) is 2. The highest BCUT2D eigenvalue weighted by Crippen LogP contribution is 2.28. The largest absolute Gasteiger partial charge is 0.401 e. The highest BCUT2D eigenvalue weighted by molar-refractivity contribution is 5.14. The summed E-state index contributed by atoms with van der Waals surface area (Å²) in [6, 6.07) is 5.86. The molecular formula is C13H17F3N2. The highest BCUT2D eigenvalue weighted by Gasteiger charge is 2.32. The van der Waals surface area contributed by atoms with Crippen molar-refractivity contribution < 1.29 is 13.2 Å². The predicted molar refractivity (Wildman–Crippen MR) is 63.4 cm³/mol. The van der Waals surface area contributed by atoms with Crippen LogP contribution in [-0.4, -0.2) is 35.7 Å². The van der Waals surface area contributed by atoms with E-state index < -0.39 is 12.7 Å². The first kappa shape index (κ1) is 13.3. The van der Waals surface area contributed by atoms with Crippen LogP contribution in [0.5, 0.6) is 0 Å². The minimum Gasteiger partial charge on any atom is -0.295 e. The van der Waals surface area contributed by atoms with Crippen LogP contribution in [0.15, 0.2) is 18.2 Å². The van der Waals surface area contributed by atoms with Crippen LogP contribution in [0, 0.1) is 6.92 Å². The van der Waals surface area contributed by atoms with Crippen LogP contribution in [0.2, 0.25) is 0 Å². The number of piperidine rings is 1. The fourth-order valence-electron chi connectivity index (χ4n) is 2.43. The van der Waals surface area contributed by atoms with Gasteiger partial charge in [0, 0.05) is 17.3 Å². The number of alkyl halides is 3. The summed E-state index contributed by atoms with van der Waals surface area (Å²) in [6.45, 7) is 2.14. The Morgan fingerprint density at radius 3 is 2.50 bits per heavy atom. The Labute approximate surface area is 105 Å². The second kappa shape index (κ2) is 5.26. The van der Waals surface area contributed by atoms with E-state index in [2.05, 4.69) is 4.98 Å². The summed E-state index contributed by atoms with van der Waals surface area (Å²) in [5, 5.41) is 0. The second-order valence-corrected chi connectivity index (χ2v) is 4.87. The Hall–Kier alpha value is -1.10. The lowest BCUT2D eigenvalue weighted by Gasteiger charge is -2.32. The molecule has 0 bridgehead atoms. The van der Waals surface area contributed by atoms with Crippen molar-refractivity contribution in [3.63, 3.8) is 0 Å². The molecule has 0 spiro atoms. The van der Waals surface area contributed by atoms with Gasteiger partial charge in [0.1, 0.15) is 0 Å². The molecule has 0 saturated carbocycles. The molecule has 2 nitrogen and oxygen atoms in total. The number of hydrogen-bond donors (Lipinski definition) is 0. The van der Waals surface area contributed by atoms with Crippen molar-refractivity contribution in [1.29, 1.82) is 0 Å². The zero-order valence-corrected chi connectivity index (χ0v) is 10.4. The summed E-state index contributed by atoms with van der Waals surface area (Å²) in [6.07, 6.45) is -2.58. The van der Waals surface area contributed by atoms with Crippen molar-refractivity contribution in [3.05, 3.63) is 29.6 Å². The first-order valence-electron chi connectivity index (χ1n) is 6.17. The van der Waals surface area contributed by atoms with Gasteiger partial charge in [-0.05, 0) is 45.0 Å². The highest BCUT2D eigenvalue weighted by atomic mass is 19.4. The van der Waals surface area contributed by atoms with Gasteiger partial charge in [-0.3, -0.25) is 9.88 Å². The lowest BCUT2D eigenvalue weighted by atomic mass is 9.93. The lowest BCUT2D eigenvalue weighted by molar-refractivity contribution is -0.147. The van der Waals surface area contributed by atoms with Crippen molar-refractivity contribution >= 4 is 0 Å². The number of rotatable bonds is 2. The summed E-state index contributed by atoms with van der Waals surface area (Å²) in [4.78, 5) is 5.93. The zero-order chi connectivity index (χ0) is 13.2. The molecule has 5 heteroatoms. The van der Waals surface area contributed by atoms with Gasteiger partial charge in [-0.2, -0.15) is 13.2 Å². The number of hydrogen-bond acceptors (Lipinski definition) is 2. The van der Waals surface area contributed by atoms with Gasteiger partial charge in [0.2, 0.25) is 0 Å². The minimum atomic E-state index is -4.09. The number of likely N-dealkylation sites (tertiary alicyclic amines) is 1. The zero-order valence-electron chi connectivity index (χ0n) is 10.4. The molecule has 0 atom stereocenters. The molecular weight excluding hydrogens is 241 g/mol. The maximum atomic E-state index is 12.3. The lowest BCUT2D eigenvalue weighted by Crippen LogP contribution is -2.39. The smallest absolute Gasteiger partial charge is 0.295 e. The normalized spacial score (nSPS) is 19.1. The van der Waals surface area contributed by atoms with Gasteiger partial charge in [0.05, 0.1) is 6.54 Å². The number of halogens is 3. The molecule has 1 aliphatic rings. The topological polar surface area (TPSA) is 16.1 Å². The molecule has 1 aliphatic heterocycles. The molecule has 0 amide bonds. The molecule has 1 aromatic heterocycles. The molecule has 0 unspecified atom stereocenters. The van der Waals surface area contributed by atoms with Crippen LogP contribution >= 0.6 is 0 Å². The Kier molecular flexibility index (Phi) is 3.90. The van der Waals surface area contributed by atoms with E-state index in [1.807, 2.05) is 25.1 Å². The number of aryl methyl sites for hydroxylation is 1. The molecule has 100 valence electrons. The van der Waals surface area contributed by atoms with Crippen molar-refractivity contribution in [2.24, 2.45) is 0 Å². The average molecular weight is 258 g/mol. The second-order valence-electron chi connectivity index (χ2n) is 4.87. The molecule has 0 aromatic carbocycles. The maximum Gasteiger partial charge on any atom is 0.401 e.